The summed E-state index contributed by atoms with van der Waals surface area (Å²) in [5.74, 6) is 0.107. The maximum atomic E-state index is 12.8. The molecular weight excluding hydrogens is 452 g/mol. The first-order valence-electron chi connectivity index (χ1n) is 11.9. The Bertz CT molecular complexity index is 1130. The van der Waals surface area contributed by atoms with Gasteiger partial charge in [-0.05, 0) is 41.9 Å². The summed E-state index contributed by atoms with van der Waals surface area (Å²) in [6.07, 6.45) is 7.38. The van der Waals surface area contributed by atoms with Crippen LogP contribution in [0.2, 0.25) is 0 Å². The van der Waals surface area contributed by atoms with Gasteiger partial charge in [-0.1, -0.05) is 37.5 Å². The van der Waals surface area contributed by atoms with E-state index in [2.05, 4.69) is 5.32 Å². The van der Waals surface area contributed by atoms with Crippen molar-refractivity contribution in [3.8, 4) is 0 Å². The van der Waals surface area contributed by atoms with Crippen molar-refractivity contribution >= 4 is 23.2 Å². The van der Waals surface area contributed by atoms with Crippen LogP contribution in [0.15, 0.2) is 36.4 Å². The molecule has 2 amide bonds. The zero-order chi connectivity index (χ0) is 24.9. The molecule has 10 heteroatoms. The number of nitro benzene ring substituents is 2. The van der Waals surface area contributed by atoms with Crippen molar-refractivity contribution in [2.24, 2.45) is 5.92 Å². The Morgan fingerprint density at radius 1 is 0.943 bits per heavy atom. The summed E-state index contributed by atoms with van der Waals surface area (Å²) in [7, 11) is 0. The fraction of sp³-hybridized carbons (Fsp3) is 0.440. The van der Waals surface area contributed by atoms with Gasteiger partial charge in [-0.25, -0.2) is 0 Å². The highest BCUT2D eigenvalue weighted by Gasteiger charge is 2.25. The number of nitrogens with one attached hydrogen (secondary N) is 1. The van der Waals surface area contributed by atoms with Gasteiger partial charge < -0.3 is 10.2 Å². The Morgan fingerprint density at radius 3 is 2.29 bits per heavy atom. The zero-order valence-corrected chi connectivity index (χ0v) is 19.4. The van der Waals surface area contributed by atoms with E-state index in [0.717, 1.165) is 54.2 Å². The van der Waals surface area contributed by atoms with E-state index in [1.807, 2.05) is 23.1 Å². The highest BCUT2D eigenvalue weighted by molar-refractivity contribution is 5.95. The van der Waals surface area contributed by atoms with Gasteiger partial charge in [0, 0.05) is 38.2 Å². The van der Waals surface area contributed by atoms with Crippen LogP contribution in [-0.2, 0) is 24.3 Å². The average Bonchev–Trinajstić information content (AvgIpc) is 2.87. The number of nitro groups is 2. The van der Waals surface area contributed by atoms with Crippen LogP contribution in [0, 0.1) is 26.1 Å². The van der Waals surface area contributed by atoms with Crippen LogP contribution in [0.1, 0.15) is 65.6 Å². The van der Waals surface area contributed by atoms with Crippen molar-refractivity contribution in [2.75, 3.05) is 6.54 Å². The van der Waals surface area contributed by atoms with E-state index in [1.165, 1.54) is 19.3 Å². The van der Waals surface area contributed by atoms with Crippen molar-refractivity contribution in [1.82, 2.24) is 10.2 Å². The first-order chi connectivity index (χ1) is 16.8. The van der Waals surface area contributed by atoms with E-state index in [-0.39, 0.29) is 18.0 Å². The molecule has 4 rings (SSSR count). The monoisotopic (exact) mass is 480 g/mol. The van der Waals surface area contributed by atoms with Crippen LogP contribution >= 0.6 is 0 Å². The lowest BCUT2D eigenvalue weighted by molar-refractivity contribution is -0.394. The van der Waals surface area contributed by atoms with Gasteiger partial charge in [-0.3, -0.25) is 29.8 Å². The predicted octanol–water partition coefficient (Wildman–Crippen LogP) is 4.29. The largest absolute Gasteiger partial charge is 0.348 e. The molecule has 1 heterocycles. The van der Waals surface area contributed by atoms with Crippen molar-refractivity contribution in [2.45, 2.75) is 58.0 Å². The second-order valence-corrected chi connectivity index (χ2v) is 9.31. The second-order valence-electron chi connectivity index (χ2n) is 9.31. The van der Waals surface area contributed by atoms with Crippen molar-refractivity contribution in [3.63, 3.8) is 0 Å². The Kier molecular flexibility index (Phi) is 7.38. The summed E-state index contributed by atoms with van der Waals surface area (Å²) in [6, 6.07) is 8.71. The molecule has 1 aliphatic carbocycles. The number of amides is 2. The van der Waals surface area contributed by atoms with E-state index in [1.54, 1.807) is 0 Å². The van der Waals surface area contributed by atoms with E-state index in [9.17, 15) is 29.8 Å². The molecule has 0 saturated heterocycles. The molecular formula is C25H28N4O6. The molecule has 2 aromatic rings. The molecule has 184 valence electrons. The van der Waals surface area contributed by atoms with Gasteiger partial charge in [0.1, 0.15) is 0 Å². The molecule has 1 saturated carbocycles. The third-order valence-corrected chi connectivity index (χ3v) is 6.86. The molecule has 2 aromatic carbocycles. The number of hydrogen-bond acceptors (Lipinski definition) is 6. The van der Waals surface area contributed by atoms with Crippen LogP contribution in [-0.4, -0.2) is 33.1 Å². The molecule has 0 unspecified atom stereocenters. The van der Waals surface area contributed by atoms with E-state index in [0.29, 0.717) is 25.4 Å². The molecule has 1 N–H and O–H groups in total. The lowest BCUT2D eigenvalue weighted by Gasteiger charge is -2.31. The Balaban J connectivity index is 1.37. The fourth-order valence-electron chi connectivity index (χ4n) is 4.92. The molecule has 0 radical (unpaired) electrons. The molecule has 1 aliphatic heterocycles. The summed E-state index contributed by atoms with van der Waals surface area (Å²) < 4.78 is 0. The lowest BCUT2D eigenvalue weighted by Crippen LogP contribution is -2.37. The lowest BCUT2D eigenvalue weighted by atomic mass is 9.86. The quantitative estimate of drug-likeness (QED) is 0.464. The van der Waals surface area contributed by atoms with Gasteiger partial charge in [0.15, 0.2) is 0 Å². The van der Waals surface area contributed by atoms with Crippen molar-refractivity contribution in [1.29, 1.82) is 0 Å². The number of nitrogens with zero attached hydrogens (tertiary/aromatic N) is 3. The number of rotatable bonds is 7. The van der Waals surface area contributed by atoms with Crippen LogP contribution in [0.5, 0.6) is 0 Å². The molecule has 0 aromatic heterocycles. The smallest absolute Gasteiger partial charge is 0.277 e. The van der Waals surface area contributed by atoms with Crippen LogP contribution in [0.3, 0.4) is 0 Å². The molecule has 0 bridgehead atoms. The number of non-ortho nitro benzene ring substituents is 2. The van der Waals surface area contributed by atoms with Crippen molar-refractivity contribution < 1.29 is 19.4 Å². The minimum atomic E-state index is -0.767. The summed E-state index contributed by atoms with van der Waals surface area (Å²) in [5.41, 5.74) is 1.90. The summed E-state index contributed by atoms with van der Waals surface area (Å²) in [4.78, 5) is 47.8. The first kappa shape index (κ1) is 24.3. The normalized spacial score (nSPS) is 15.8. The van der Waals surface area contributed by atoms with Crippen LogP contribution in [0.4, 0.5) is 11.4 Å². The number of fused-ring (bicyclic) bond motifs is 1. The van der Waals surface area contributed by atoms with E-state index >= 15 is 0 Å². The third kappa shape index (κ3) is 6.00. The average molecular weight is 481 g/mol. The molecule has 1 fully saturated rings. The zero-order valence-electron chi connectivity index (χ0n) is 19.4. The van der Waals surface area contributed by atoms with Crippen LogP contribution < -0.4 is 5.32 Å². The molecule has 35 heavy (non-hydrogen) atoms. The summed E-state index contributed by atoms with van der Waals surface area (Å²) >= 11 is 0. The minimum Gasteiger partial charge on any atom is -0.348 e. The minimum absolute atomic E-state index is 0.143. The Labute approximate surface area is 202 Å². The maximum Gasteiger partial charge on any atom is 0.277 e. The molecule has 2 aliphatic rings. The number of hydrogen-bond donors (Lipinski definition) is 1. The van der Waals surface area contributed by atoms with Crippen LogP contribution in [0.25, 0.3) is 0 Å². The van der Waals surface area contributed by atoms with Gasteiger partial charge in [-0.15, -0.1) is 0 Å². The highest BCUT2D eigenvalue weighted by Crippen LogP contribution is 2.28. The molecule has 10 nitrogen and oxygen atoms in total. The number of carbonyl (C=O) groups is 2. The molecule has 0 spiro atoms. The van der Waals surface area contributed by atoms with Gasteiger partial charge in [0.05, 0.1) is 21.5 Å². The van der Waals surface area contributed by atoms with Gasteiger partial charge in [0.25, 0.3) is 17.3 Å². The SMILES string of the molecule is O=C(NCc1ccc2c(c1)CCN(C(=O)CC1CCCCC1)C2)c1cc([N+](=O)[O-])cc([N+](=O)[O-])c1. The maximum absolute atomic E-state index is 12.8. The summed E-state index contributed by atoms with van der Waals surface area (Å²) in [5, 5.41) is 24.8. The first-order valence-corrected chi connectivity index (χ1v) is 11.9. The Hall–Kier alpha value is -3.82. The highest BCUT2D eigenvalue weighted by atomic mass is 16.6. The van der Waals surface area contributed by atoms with Gasteiger partial charge >= 0.3 is 0 Å². The second kappa shape index (κ2) is 10.6. The van der Waals surface area contributed by atoms with Gasteiger partial charge in [-0.2, -0.15) is 0 Å². The standard InChI is InChI=1S/C25H28N4O6/c30-24(11-17-4-2-1-3-5-17)27-9-8-19-10-18(6-7-20(19)16-27)15-26-25(31)21-12-22(28(32)33)14-23(13-21)29(34)35/h6-7,10,12-14,17H,1-5,8-9,11,15-16H2,(H,26,31). The van der Waals surface area contributed by atoms with E-state index in [4.69, 9.17) is 0 Å². The van der Waals surface area contributed by atoms with Crippen molar-refractivity contribution in [3.05, 3.63) is 78.9 Å². The summed E-state index contributed by atoms with van der Waals surface area (Å²) in [6.45, 7) is 1.43. The van der Waals surface area contributed by atoms with Gasteiger partial charge in [0.2, 0.25) is 5.91 Å². The number of carbonyl (C=O) groups excluding carboxylic acids is 2. The topological polar surface area (TPSA) is 136 Å². The molecule has 0 atom stereocenters. The predicted molar refractivity (Wildman–Crippen MR) is 128 cm³/mol. The fourth-order valence-corrected chi connectivity index (χ4v) is 4.92. The van der Waals surface area contributed by atoms with E-state index < -0.39 is 27.1 Å². The Morgan fingerprint density at radius 2 is 1.63 bits per heavy atom. The number of benzene rings is 2. The third-order valence-electron chi connectivity index (χ3n) is 6.86.